The van der Waals surface area contributed by atoms with E-state index in [9.17, 15) is 4.79 Å². The van der Waals surface area contributed by atoms with E-state index in [-0.39, 0.29) is 12.0 Å². The molecule has 2 atom stereocenters. The summed E-state index contributed by atoms with van der Waals surface area (Å²) in [5.41, 5.74) is 1.03. The summed E-state index contributed by atoms with van der Waals surface area (Å²) in [5, 5.41) is 13.6. The molecule has 43 heavy (non-hydrogen) atoms. The van der Waals surface area contributed by atoms with E-state index in [1.807, 2.05) is 11.0 Å². The van der Waals surface area contributed by atoms with Crippen LogP contribution in [0.4, 0.5) is 35.4 Å². The number of H-pyrrole nitrogens is 1. The fourth-order valence-corrected chi connectivity index (χ4v) is 5.36. The molecule has 16 heteroatoms. The zero-order valence-corrected chi connectivity index (χ0v) is 23.7. The third kappa shape index (κ3) is 5.99. The minimum absolute atomic E-state index is 0.183. The summed E-state index contributed by atoms with van der Waals surface area (Å²) >= 11 is 0. The van der Waals surface area contributed by atoms with E-state index < -0.39 is 6.04 Å². The Kier molecular flexibility index (Phi) is 7.32. The first-order valence-electron chi connectivity index (χ1n) is 14.3. The molecule has 222 valence electrons. The summed E-state index contributed by atoms with van der Waals surface area (Å²) < 4.78 is 5.67. The molecule has 7 rings (SSSR count). The van der Waals surface area contributed by atoms with Gasteiger partial charge in [-0.05, 0) is 18.9 Å². The molecule has 2 aliphatic heterocycles. The molecule has 0 bridgehead atoms. The number of nitrogens with one attached hydrogen (secondary N) is 3. The zero-order chi connectivity index (χ0) is 29.2. The summed E-state index contributed by atoms with van der Waals surface area (Å²) in [4.78, 5) is 51.0. The molecule has 1 aliphatic carbocycles. The van der Waals surface area contributed by atoms with Gasteiger partial charge in [0.05, 0.1) is 18.0 Å². The smallest absolute Gasteiger partial charge is 0.248 e. The van der Waals surface area contributed by atoms with Crippen LogP contribution in [0, 0.1) is 0 Å². The fraction of sp³-hybridized carbons (Fsp3) is 0.444. The Hall–Kier alpha value is -4.99. The predicted molar refractivity (Wildman–Crippen MR) is 157 cm³/mol. The van der Waals surface area contributed by atoms with Crippen LogP contribution in [0.3, 0.4) is 0 Å². The molecule has 2 saturated heterocycles. The van der Waals surface area contributed by atoms with Gasteiger partial charge in [0.1, 0.15) is 11.9 Å². The van der Waals surface area contributed by atoms with Gasteiger partial charge >= 0.3 is 0 Å². The fourth-order valence-electron chi connectivity index (χ4n) is 5.36. The lowest BCUT2D eigenvalue weighted by atomic mass is 10.2. The Morgan fingerprint density at radius 1 is 0.953 bits per heavy atom. The first kappa shape index (κ1) is 26.9. The second-order valence-corrected chi connectivity index (χ2v) is 10.7. The van der Waals surface area contributed by atoms with Gasteiger partial charge in [-0.15, -0.1) is 0 Å². The van der Waals surface area contributed by atoms with Gasteiger partial charge in [-0.25, -0.2) is 15.0 Å². The number of hydrogen-bond acceptors (Lipinski definition) is 14. The van der Waals surface area contributed by atoms with Crippen LogP contribution in [0.25, 0.3) is 0 Å². The lowest BCUT2D eigenvalue weighted by Crippen LogP contribution is -2.48. The molecular formula is C27H32N14O2. The number of methoxy groups -OCH3 is 1. The predicted octanol–water partition coefficient (Wildman–Crippen LogP) is 1.35. The quantitative estimate of drug-likeness (QED) is 0.257. The van der Waals surface area contributed by atoms with Gasteiger partial charge in [0.15, 0.2) is 5.82 Å². The van der Waals surface area contributed by atoms with Crippen LogP contribution < -0.4 is 25.3 Å². The van der Waals surface area contributed by atoms with E-state index in [2.05, 4.69) is 50.6 Å². The monoisotopic (exact) mass is 584 g/mol. The SMILES string of the molecule is CO[C@H]1C[C@@H](C(=O)Nc2cnccn2)N(c2nc(Nc3cc(C4CC4)n[nH]3)nc(N3CCN(c4ncccn4)CC3)n2)C1. The number of ether oxygens (including phenoxy) is 1. The van der Waals surface area contributed by atoms with Crippen molar-refractivity contribution in [3.63, 3.8) is 0 Å². The van der Waals surface area contributed by atoms with E-state index in [4.69, 9.17) is 19.7 Å². The highest BCUT2D eigenvalue weighted by atomic mass is 16.5. The zero-order valence-electron chi connectivity index (χ0n) is 23.7. The number of nitrogens with zero attached hydrogens (tertiary/aromatic N) is 11. The molecule has 3 N–H and O–H groups in total. The summed E-state index contributed by atoms with van der Waals surface area (Å²) in [6.07, 6.45) is 10.7. The number of carbonyl (C=O) groups excluding carboxylic acids is 1. The molecule has 0 spiro atoms. The van der Waals surface area contributed by atoms with E-state index in [1.165, 1.54) is 12.4 Å². The van der Waals surface area contributed by atoms with E-state index in [0.717, 1.165) is 18.5 Å². The van der Waals surface area contributed by atoms with Crippen LogP contribution in [0.5, 0.6) is 0 Å². The highest BCUT2D eigenvalue weighted by Gasteiger charge is 2.39. The van der Waals surface area contributed by atoms with Gasteiger partial charge in [-0.3, -0.25) is 14.9 Å². The second kappa shape index (κ2) is 11.7. The number of anilines is 6. The Bertz CT molecular complexity index is 1540. The van der Waals surface area contributed by atoms with Crippen molar-refractivity contribution >= 4 is 41.3 Å². The highest BCUT2D eigenvalue weighted by Crippen LogP contribution is 2.39. The summed E-state index contributed by atoms with van der Waals surface area (Å²) in [6.45, 7) is 3.17. The molecule has 4 aromatic heterocycles. The minimum Gasteiger partial charge on any atom is -0.380 e. The number of hydrogen-bond donors (Lipinski definition) is 3. The third-order valence-electron chi connectivity index (χ3n) is 7.82. The lowest BCUT2D eigenvalue weighted by Gasteiger charge is -2.35. The van der Waals surface area contributed by atoms with Crippen LogP contribution in [0.15, 0.2) is 43.1 Å². The van der Waals surface area contributed by atoms with Gasteiger partial charge in [0, 0.05) is 83.0 Å². The van der Waals surface area contributed by atoms with Crippen LogP contribution in [0.2, 0.25) is 0 Å². The molecule has 0 aromatic carbocycles. The largest absolute Gasteiger partial charge is 0.380 e. The Balaban J connectivity index is 1.17. The number of carbonyl (C=O) groups is 1. The van der Waals surface area contributed by atoms with Gasteiger partial charge in [0.2, 0.25) is 29.7 Å². The lowest BCUT2D eigenvalue weighted by molar-refractivity contribution is -0.117. The van der Waals surface area contributed by atoms with Crippen LogP contribution in [-0.2, 0) is 9.53 Å². The Morgan fingerprint density at radius 2 is 1.72 bits per heavy atom. The van der Waals surface area contributed by atoms with Gasteiger partial charge in [0.25, 0.3) is 0 Å². The van der Waals surface area contributed by atoms with Crippen molar-refractivity contribution in [1.82, 2.24) is 45.1 Å². The molecule has 0 unspecified atom stereocenters. The van der Waals surface area contributed by atoms with Gasteiger partial charge in [-0.2, -0.15) is 20.1 Å². The third-order valence-corrected chi connectivity index (χ3v) is 7.82. The van der Waals surface area contributed by atoms with Crippen molar-refractivity contribution in [1.29, 1.82) is 0 Å². The van der Waals surface area contributed by atoms with Crippen molar-refractivity contribution in [3.8, 4) is 0 Å². The van der Waals surface area contributed by atoms with Crippen molar-refractivity contribution < 1.29 is 9.53 Å². The molecule has 0 radical (unpaired) electrons. The topological polar surface area (TPSA) is 179 Å². The first-order chi connectivity index (χ1) is 21.1. The maximum absolute atomic E-state index is 13.5. The number of amides is 1. The molecule has 6 heterocycles. The second-order valence-electron chi connectivity index (χ2n) is 10.7. The number of aromatic amines is 1. The average molecular weight is 585 g/mol. The Morgan fingerprint density at radius 3 is 2.44 bits per heavy atom. The number of aromatic nitrogens is 9. The standard InChI is InChI=1S/C27H32N14O2/c1-43-18-13-20(23(42)32-22-15-28-7-8-29-22)41(16-18)27-35-24(33-21-14-19(37-38-21)17-3-4-17)34-26(36-27)40-11-9-39(10-12-40)25-30-5-2-6-31-25/h2,5-8,14-15,17-18,20H,3-4,9-13,16H2,1H3,(H,29,32,42)(H2,33,34,35,36,37,38)/t18-,20-/m0/s1. The van der Waals surface area contributed by atoms with Crippen molar-refractivity contribution in [2.24, 2.45) is 0 Å². The van der Waals surface area contributed by atoms with E-state index >= 15 is 0 Å². The molecule has 1 saturated carbocycles. The van der Waals surface area contributed by atoms with E-state index in [1.54, 1.807) is 31.8 Å². The first-order valence-corrected chi connectivity index (χ1v) is 14.3. The van der Waals surface area contributed by atoms with Crippen molar-refractivity contribution in [3.05, 3.63) is 48.8 Å². The molecular weight excluding hydrogens is 552 g/mol. The normalized spacial score (nSPS) is 20.3. The highest BCUT2D eigenvalue weighted by molar-refractivity contribution is 5.96. The summed E-state index contributed by atoms with van der Waals surface area (Å²) in [7, 11) is 1.64. The molecule has 1 amide bonds. The maximum Gasteiger partial charge on any atom is 0.248 e. The van der Waals surface area contributed by atoms with Crippen LogP contribution >= 0.6 is 0 Å². The molecule has 3 aliphatic rings. The van der Waals surface area contributed by atoms with Crippen LogP contribution in [0.1, 0.15) is 30.9 Å². The maximum atomic E-state index is 13.5. The minimum atomic E-state index is -0.587. The van der Waals surface area contributed by atoms with Gasteiger partial charge in [-0.1, -0.05) is 0 Å². The summed E-state index contributed by atoms with van der Waals surface area (Å²) in [5.74, 6) is 3.28. The Labute approximate surface area is 247 Å². The summed E-state index contributed by atoms with van der Waals surface area (Å²) in [6, 6.07) is 3.21. The van der Waals surface area contributed by atoms with Crippen molar-refractivity contribution in [2.75, 3.05) is 65.2 Å². The van der Waals surface area contributed by atoms with E-state index in [0.29, 0.717) is 80.5 Å². The van der Waals surface area contributed by atoms with Gasteiger partial charge < -0.3 is 30.1 Å². The number of rotatable bonds is 9. The van der Waals surface area contributed by atoms with Crippen molar-refractivity contribution in [2.45, 2.75) is 37.3 Å². The van der Waals surface area contributed by atoms with Crippen LogP contribution in [-0.4, -0.2) is 103 Å². The molecule has 16 nitrogen and oxygen atoms in total. The number of piperazine rings is 1. The average Bonchev–Trinajstić information content (AvgIpc) is 3.64. The molecule has 4 aromatic rings. The molecule has 3 fully saturated rings.